The van der Waals surface area contributed by atoms with Gasteiger partial charge in [0.25, 0.3) is 0 Å². The molecule has 1 nitrogen and oxygen atoms in total. The van der Waals surface area contributed by atoms with Gasteiger partial charge >= 0.3 is 0 Å². The first-order valence-corrected chi connectivity index (χ1v) is 5.99. The molecule has 2 heteroatoms. The highest BCUT2D eigenvalue weighted by molar-refractivity contribution is 6.08. The summed E-state index contributed by atoms with van der Waals surface area (Å²) in [4.78, 5) is 0. The molecule has 0 fully saturated rings. The largest absolute Gasteiger partial charge is 0.330 e. The summed E-state index contributed by atoms with van der Waals surface area (Å²) >= 11 is 0. The SMILES string of the molecule is Cl.NCCc1cc2ccccc2c2ccccc12. The van der Waals surface area contributed by atoms with Crippen molar-refractivity contribution in [3.63, 3.8) is 0 Å². The molecule has 0 bridgehead atoms. The van der Waals surface area contributed by atoms with Gasteiger partial charge in [-0.1, -0.05) is 54.6 Å². The first-order chi connectivity index (χ1) is 8.40. The van der Waals surface area contributed by atoms with Gasteiger partial charge in [-0.15, -0.1) is 12.4 Å². The van der Waals surface area contributed by atoms with E-state index in [9.17, 15) is 0 Å². The summed E-state index contributed by atoms with van der Waals surface area (Å²) in [6.45, 7) is 0.697. The maximum atomic E-state index is 5.70. The highest BCUT2D eigenvalue weighted by Gasteiger charge is 2.04. The molecule has 0 atom stereocenters. The van der Waals surface area contributed by atoms with Gasteiger partial charge in [-0.2, -0.15) is 0 Å². The van der Waals surface area contributed by atoms with Crippen LogP contribution in [0.15, 0.2) is 54.6 Å². The minimum absolute atomic E-state index is 0. The third kappa shape index (κ3) is 2.07. The third-order valence-electron chi connectivity index (χ3n) is 3.27. The number of halogens is 1. The first kappa shape index (κ1) is 12.9. The number of hydrogen-bond acceptors (Lipinski definition) is 1. The summed E-state index contributed by atoms with van der Waals surface area (Å²) in [5, 5.41) is 5.28. The summed E-state index contributed by atoms with van der Waals surface area (Å²) in [6, 6.07) is 19.4. The van der Waals surface area contributed by atoms with Gasteiger partial charge in [0.2, 0.25) is 0 Å². The van der Waals surface area contributed by atoms with E-state index in [2.05, 4.69) is 54.6 Å². The molecule has 0 unspecified atom stereocenters. The average Bonchev–Trinajstić information content (AvgIpc) is 2.39. The number of nitrogens with two attached hydrogens (primary N) is 1. The summed E-state index contributed by atoms with van der Waals surface area (Å²) in [5.41, 5.74) is 7.04. The molecule has 0 aliphatic carbocycles. The second kappa shape index (κ2) is 5.38. The first-order valence-electron chi connectivity index (χ1n) is 5.99. The normalized spacial score (nSPS) is 10.5. The van der Waals surface area contributed by atoms with Gasteiger partial charge in [-0.3, -0.25) is 0 Å². The van der Waals surface area contributed by atoms with E-state index in [1.807, 2.05) is 0 Å². The van der Waals surface area contributed by atoms with Crippen LogP contribution < -0.4 is 5.73 Å². The van der Waals surface area contributed by atoms with Crippen LogP contribution in [0.5, 0.6) is 0 Å². The predicted octanol–water partition coefficient (Wildman–Crippen LogP) is 3.92. The van der Waals surface area contributed by atoms with Crippen LogP contribution >= 0.6 is 12.4 Å². The Morgan fingerprint density at radius 2 is 1.39 bits per heavy atom. The Labute approximate surface area is 113 Å². The standard InChI is InChI=1S/C16H15N.ClH/c17-10-9-13-11-12-5-1-2-6-14(12)16-8-4-3-7-15(13)16;/h1-8,11H,9-10,17H2;1H. The van der Waals surface area contributed by atoms with Crippen LogP contribution in [0.25, 0.3) is 21.5 Å². The molecule has 0 amide bonds. The van der Waals surface area contributed by atoms with Gasteiger partial charge in [0.15, 0.2) is 0 Å². The lowest BCUT2D eigenvalue weighted by molar-refractivity contribution is 0.979. The molecule has 0 aliphatic rings. The van der Waals surface area contributed by atoms with Crippen molar-refractivity contribution in [1.82, 2.24) is 0 Å². The lowest BCUT2D eigenvalue weighted by Crippen LogP contribution is -2.03. The van der Waals surface area contributed by atoms with Crippen molar-refractivity contribution in [2.45, 2.75) is 6.42 Å². The van der Waals surface area contributed by atoms with Crippen LogP contribution in [0.3, 0.4) is 0 Å². The molecule has 2 N–H and O–H groups in total. The van der Waals surface area contributed by atoms with Gasteiger partial charge < -0.3 is 5.73 Å². The Balaban J connectivity index is 0.00000120. The molecule has 0 aliphatic heterocycles. The van der Waals surface area contributed by atoms with Gasteiger partial charge in [-0.25, -0.2) is 0 Å². The van der Waals surface area contributed by atoms with Crippen molar-refractivity contribution in [2.75, 3.05) is 6.54 Å². The van der Waals surface area contributed by atoms with E-state index < -0.39 is 0 Å². The zero-order valence-corrected chi connectivity index (χ0v) is 10.9. The van der Waals surface area contributed by atoms with E-state index in [4.69, 9.17) is 5.73 Å². The smallest absolute Gasteiger partial charge is 0.00365 e. The molecular formula is C16H16ClN. The predicted molar refractivity (Wildman–Crippen MR) is 81.5 cm³/mol. The molecule has 3 rings (SSSR count). The molecule has 0 heterocycles. The van der Waals surface area contributed by atoms with Crippen LogP contribution in [0.4, 0.5) is 0 Å². The third-order valence-corrected chi connectivity index (χ3v) is 3.27. The Morgan fingerprint density at radius 1 is 0.778 bits per heavy atom. The summed E-state index contributed by atoms with van der Waals surface area (Å²) < 4.78 is 0. The van der Waals surface area contributed by atoms with Crippen LogP contribution in [0.1, 0.15) is 5.56 Å². The fourth-order valence-corrected chi connectivity index (χ4v) is 2.49. The summed E-state index contributed by atoms with van der Waals surface area (Å²) in [7, 11) is 0. The van der Waals surface area contributed by atoms with Crippen LogP contribution in [-0.2, 0) is 6.42 Å². The fraction of sp³-hybridized carbons (Fsp3) is 0.125. The Morgan fingerprint density at radius 3 is 2.11 bits per heavy atom. The molecule has 3 aromatic carbocycles. The fourth-order valence-electron chi connectivity index (χ4n) is 2.49. The molecule has 0 saturated heterocycles. The molecular weight excluding hydrogens is 242 g/mol. The van der Waals surface area contributed by atoms with Crippen LogP contribution in [-0.4, -0.2) is 6.54 Å². The Bertz CT molecular complexity index is 676. The molecule has 3 aromatic rings. The van der Waals surface area contributed by atoms with E-state index in [1.165, 1.54) is 27.1 Å². The number of hydrogen-bond donors (Lipinski definition) is 1. The second-order valence-electron chi connectivity index (χ2n) is 4.34. The van der Waals surface area contributed by atoms with E-state index in [0.29, 0.717) is 6.54 Å². The minimum Gasteiger partial charge on any atom is -0.330 e. The van der Waals surface area contributed by atoms with Crippen molar-refractivity contribution in [2.24, 2.45) is 5.73 Å². The van der Waals surface area contributed by atoms with Gasteiger partial charge in [0, 0.05) is 0 Å². The lowest BCUT2D eigenvalue weighted by Gasteiger charge is -2.09. The van der Waals surface area contributed by atoms with Crippen molar-refractivity contribution < 1.29 is 0 Å². The second-order valence-corrected chi connectivity index (χ2v) is 4.34. The zero-order chi connectivity index (χ0) is 11.7. The van der Waals surface area contributed by atoms with E-state index >= 15 is 0 Å². The minimum atomic E-state index is 0. The van der Waals surface area contributed by atoms with Crippen LogP contribution in [0, 0.1) is 0 Å². The monoisotopic (exact) mass is 257 g/mol. The molecule has 0 aromatic heterocycles. The molecule has 0 saturated carbocycles. The number of benzene rings is 3. The highest BCUT2D eigenvalue weighted by atomic mass is 35.5. The van der Waals surface area contributed by atoms with Gasteiger partial charge in [-0.05, 0) is 40.1 Å². The summed E-state index contributed by atoms with van der Waals surface area (Å²) in [5.74, 6) is 0. The number of fused-ring (bicyclic) bond motifs is 3. The Kier molecular flexibility index (Phi) is 3.85. The molecule has 18 heavy (non-hydrogen) atoms. The van der Waals surface area contributed by atoms with Crippen LogP contribution in [0.2, 0.25) is 0 Å². The van der Waals surface area contributed by atoms with Gasteiger partial charge in [0.1, 0.15) is 0 Å². The topological polar surface area (TPSA) is 26.0 Å². The molecule has 92 valence electrons. The van der Waals surface area contributed by atoms with Crippen molar-refractivity contribution in [3.8, 4) is 0 Å². The average molecular weight is 258 g/mol. The highest BCUT2D eigenvalue weighted by Crippen LogP contribution is 2.28. The van der Waals surface area contributed by atoms with E-state index in [0.717, 1.165) is 6.42 Å². The van der Waals surface area contributed by atoms with Gasteiger partial charge in [0.05, 0.1) is 0 Å². The van der Waals surface area contributed by atoms with Crippen molar-refractivity contribution >= 4 is 34.0 Å². The Hall–Kier alpha value is -1.57. The quantitative estimate of drug-likeness (QED) is 0.692. The summed E-state index contributed by atoms with van der Waals surface area (Å²) in [6.07, 6.45) is 0.936. The number of rotatable bonds is 2. The molecule has 0 spiro atoms. The molecule has 0 radical (unpaired) electrons. The lowest BCUT2D eigenvalue weighted by atomic mass is 9.96. The van der Waals surface area contributed by atoms with Crippen molar-refractivity contribution in [1.29, 1.82) is 0 Å². The maximum absolute atomic E-state index is 5.70. The zero-order valence-electron chi connectivity index (χ0n) is 10.1. The van der Waals surface area contributed by atoms with E-state index in [1.54, 1.807) is 0 Å². The van der Waals surface area contributed by atoms with E-state index in [-0.39, 0.29) is 12.4 Å². The van der Waals surface area contributed by atoms with Crippen molar-refractivity contribution in [3.05, 3.63) is 60.2 Å². The maximum Gasteiger partial charge on any atom is -0.00365 e.